The first-order valence-corrected chi connectivity index (χ1v) is 8.26. The molecule has 108 valence electrons. The van der Waals surface area contributed by atoms with E-state index in [9.17, 15) is 0 Å². The van der Waals surface area contributed by atoms with Crippen LogP contribution < -0.4 is 0 Å². The van der Waals surface area contributed by atoms with Gasteiger partial charge < -0.3 is 4.57 Å². The minimum atomic E-state index is 0.414. The number of aryl methyl sites for hydroxylation is 1. The van der Waals surface area contributed by atoms with Crippen molar-refractivity contribution in [1.29, 1.82) is 0 Å². The summed E-state index contributed by atoms with van der Waals surface area (Å²) >= 11 is 12.0. The SMILES string of the molecule is ClCc1nc2cc(Cl)cnc2n1CCCC1CCCC1. The zero-order chi connectivity index (χ0) is 13.9. The van der Waals surface area contributed by atoms with E-state index in [1.165, 1.54) is 38.5 Å². The summed E-state index contributed by atoms with van der Waals surface area (Å²) in [6, 6.07) is 1.85. The highest BCUT2D eigenvalue weighted by Crippen LogP contribution is 2.29. The van der Waals surface area contributed by atoms with Crippen LogP contribution in [0.15, 0.2) is 12.3 Å². The number of rotatable bonds is 5. The Kier molecular flexibility index (Phi) is 4.47. The summed E-state index contributed by atoms with van der Waals surface area (Å²) < 4.78 is 2.15. The molecule has 20 heavy (non-hydrogen) atoms. The second-order valence-corrected chi connectivity index (χ2v) is 6.31. The maximum absolute atomic E-state index is 6.01. The zero-order valence-electron chi connectivity index (χ0n) is 11.5. The smallest absolute Gasteiger partial charge is 0.160 e. The lowest BCUT2D eigenvalue weighted by molar-refractivity contribution is 0.458. The maximum atomic E-state index is 6.01. The van der Waals surface area contributed by atoms with Gasteiger partial charge >= 0.3 is 0 Å². The molecule has 0 N–H and O–H groups in total. The van der Waals surface area contributed by atoms with Crippen LogP contribution in [0.1, 0.15) is 44.3 Å². The third kappa shape index (κ3) is 2.94. The van der Waals surface area contributed by atoms with Gasteiger partial charge in [0.15, 0.2) is 5.65 Å². The minimum absolute atomic E-state index is 0.414. The first-order valence-electron chi connectivity index (χ1n) is 7.34. The summed E-state index contributed by atoms with van der Waals surface area (Å²) in [5.74, 6) is 2.23. The summed E-state index contributed by atoms with van der Waals surface area (Å²) in [6.45, 7) is 0.948. The fraction of sp³-hybridized carbons (Fsp3) is 0.600. The van der Waals surface area contributed by atoms with Crippen LogP contribution >= 0.6 is 23.2 Å². The number of aromatic nitrogens is 3. The molecule has 2 heterocycles. The Morgan fingerprint density at radius 3 is 2.85 bits per heavy atom. The second-order valence-electron chi connectivity index (χ2n) is 5.60. The van der Waals surface area contributed by atoms with Crippen molar-refractivity contribution in [3.8, 4) is 0 Å². The van der Waals surface area contributed by atoms with Crippen molar-refractivity contribution in [3.05, 3.63) is 23.1 Å². The monoisotopic (exact) mass is 311 g/mol. The van der Waals surface area contributed by atoms with Gasteiger partial charge in [0, 0.05) is 12.7 Å². The predicted octanol–water partition coefficient (Wildman–Crippen LogP) is 4.79. The third-order valence-electron chi connectivity index (χ3n) is 4.22. The summed E-state index contributed by atoms with van der Waals surface area (Å²) in [6.07, 6.45) is 9.77. The molecule has 0 radical (unpaired) electrons. The molecule has 0 saturated heterocycles. The van der Waals surface area contributed by atoms with Crippen LogP contribution in [0.5, 0.6) is 0 Å². The number of hydrogen-bond acceptors (Lipinski definition) is 2. The Balaban J connectivity index is 1.75. The van der Waals surface area contributed by atoms with Crippen molar-refractivity contribution < 1.29 is 0 Å². The highest BCUT2D eigenvalue weighted by molar-refractivity contribution is 6.31. The van der Waals surface area contributed by atoms with Crippen LogP contribution in [0, 0.1) is 5.92 Å². The predicted molar refractivity (Wildman–Crippen MR) is 83.3 cm³/mol. The van der Waals surface area contributed by atoms with Crippen LogP contribution in [-0.2, 0) is 12.4 Å². The van der Waals surface area contributed by atoms with Gasteiger partial charge in [0.1, 0.15) is 11.3 Å². The molecular weight excluding hydrogens is 293 g/mol. The van der Waals surface area contributed by atoms with E-state index in [1.54, 1.807) is 6.20 Å². The number of nitrogens with zero attached hydrogens (tertiary/aromatic N) is 3. The van der Waals surface area contributed by atoms with E-state index in [0.717, 1.165) is 29.5 Å². The van der Waals surface area contributed by atoms with Gasteiger partial charge in [-0.25, -0.2) is 9.97 Å². The molecule has 3 nitrogen and oxygen atoms in total. The number of fused-ring (bicyclic) bond motifs is 1. The number of hydrogen-bond donors (Lipinski definition) is 0. The van der Waals surface area contributed by atoms with Gasteiger partial charge in [0.05, 0.1) is 10.9 Å². The highest BCUT2D eigenvalue weighted by Gasteiger charge is 2.16. The Morgan fingerprint density at radius 1 is 1.30 bits per heavy atom. The van der Waals surface area contributed by atoms with Gasteiger partial charge in [-0.2, -0.15) is 0 Å². The van der Waals surface area contributed by atoms with Gasteiger partial charge in [-0.3, -0.25) is 0 Å². The molecule has 1 aliphatic rings. The normalized spacial score (nSPS) is 16.3. The molecule has 0 amide bonds. The van der Waals surface area contributed by atoms with Crippen molar-refractivity contribution >= 4 is 34.4 Å². The molecule has 0 aliphatic heterocycles. The molecule has 1 fully saturated rings. The van der Waals surface area contributed by atoms with E-state index >= 15 is 0 Å². The Morgan fingerprint density at radius 2 is 2.10 bits per heavy atom. The van der Waals surface area contributed by atoms with Crippen LogP contribution in [0.2, 0.25) is 5.02 Å². The van der Waals surface area contributed by atoms with Crippen molar-refractivity contribution in [2.45, 2.75) is 50.9 Å². The Hall–Kier alpha value is -0.800. The minimum Gasteiger partial charge on any atom is -0.312 e. The second kappa shape index (κ2) is 6.31. The maximum Gasteiger partial charge on any atom is 0.160 e. The molecule has 1 saturated carbocycles. The van der Waals surface area contributed by atoms with Crippen LogP contribution in [0.3, 0.4) is 0 Å². The van der Waals surface area contributed by atoms with E-state index in [2.05, 4.69) is 14.5 Å². The largest absolute Gasteiger partial charge is 0.312 e. The van der Waals surface area contributed by atoms with Crippen molar-refractivity contribution in [2.24, 2.45) is 5.92 Å². The molecule has 0 spiro atoms. The average Bonchev–Trinajstić information content (AvgIpc) is 3.06. The number of pyridine rings is 1. The lowest BCUT2D eigenvalue weighted by atomic mass is 10.0. The van der Waals surface area contributed by atoms with E-state index < -0.39 is 0 Å². The molecule has 2 aromatic rings. The fourth-order valence-corrected chi connectivity index (χ4v) is 3.56. The van der Waals surface area contributed by atoms with Gasteiger partial charge in [-0.05, 0) is 24.8 Å². The van der Waals surface area contributed by atoms with Crippen LogP contribution in [-0.4, -0.2) is 14.5 Å². The molecule has 5 heteroatoms. The standard InChI is InChI=1S/C15H19Cl2N3/c16-9-14-19-13-8-12(17)10-18-15(13)20(14)7-3-6-11-4-1-2-5-11/h8,10-11H,1-7,9H2. The van der Waals surface area contributed by atoms with Crippen LogP contribution in [0.4, 0.5) is 0 Å². The summed E-state index contributed by atoms with van der Waals surface area (Å²) in [5.41, 5.74) is 1.74. The first kappa shape index (κ1) is 14.2. The number of halogens is 2. The topological polar surface area (TPSA) is 30.7 Å². The zero-order valence-corrected chi connectivity index (χ0v) is 13.0. The first-order chi connectivity index (χ1) is 9.78. The molecule has 0 atom stereocenters. The third-order valence-corrected chi connectivity index (χ3v) is 4.66. The summed E-state index contributed by atoms with van der Waals surface area (Å²) in [5, 5.41) is 0.620. The quantitative estimate of drug-likeness (QED) is 0.743. The fourth-order valence-electron chi connectivity index (χ4n) is 3.21. The average molecular weight is 312 g/mol. The van der Waals surface area contributed by atoms with E-state index in [1.807, 2.05) is 6.07 Å². The summed E-state index contributed by atoms with van der Waals surface area (Å²) in [7, 11) is 0. The molecule has 0 aromatic carbocycles. The van der Waals surface area contributed by atoms with Crippen molar-refractivity contribution in [3.63, 3.8) is 0 Å². The lowest BCUT2D eigenvalue weighted by Crippen LogP contribution is -2.05. The van der Waals surface area contributed by atoms with Crippen LogP contribution in [0.25, 0.3) is 11.2 Å². The van der Waals surface area contributed by atoms with Gasteiger partial charge in [-0.1, -0.05) is 37.3 Å². The number of imidazole rings is 1. The van der Waals surface area contributed by atoms with Gasteiger partial charge in [0.2, 0.25) is 0 Å². The summed E-state index contributed by atoms with van der Waals surface area (Å²) in [4.78, 5) is 8.94. The molecule has 0 bridgehead atoms. The van der Waals surface area contributed by atoms with Gasteiger partial charge in [0.25, 0.3) is 0 Å². The molecule has 1 aliphatic carbocycles. The molecular formula is C15H19Cl2N3. The van der Waals surface area contributed by atoms with Gasteiger partial charge in [-0.15, -0.1) is 11.6 Å². The van der Waals surface area contributed by atoms with E-state index in [-0.39, 0.29) is 0 Å². The Labute approximate surface area is 129 Å². The number of alkyl halides is 1. The van der Waals surface area contributed by atoms with Crippen molar-refractivity contribution in [1.82, 2.24) is 14.5 Å². The molecule has 2 aromatic heterocycles. The molecule has 0 unspecified atom stereocenters. The van der Waals surface area contributed by atoms with E-state index in [4.69, 9.17) is 23.2 Å². The lowest BCUT2D eigenvalue weighted by Gasteiger charge is -2.10. The molecule has 3 rings (SSSR count). The highest BCUT2D eigenvalue weighted by atomic mass is 35.5. The Bertz CT molecular complexity index is 588. The van der Waals surface area contributed by atoms with Crippen molar-refractivity contribution in [2.75, 3.05) is 0 Å². The van der Waals surface area contributed by atoms with E-state index in [0.29, 0.717) is 10.9 Å².